The number of aromatic hydroxyl groups is 1. The van der Waals surface area contributed by atoms with Crippen LogP contribution < -0.4 is 16.1 Å². The molecule has 0 atom stereocenters. The average Bonchev–Trinajstić information content (AvgIpc) is 2.31. The van der Waals surface area contributed by atoms with Gasteiger partial charge in [-0.2, -0.15) is 0 Å². The van der Waals surface area contributed by atoms with Crippen LogP contribution in [0.4, 0.5) is 0 Å². The Labute approximate surface area is 90.9 Å². The largest absolute Gasteiger partial charge is 0.508 e. The van der Waals surface area contributed by atoms with Crippen LogP contribution in [0.25, 0.3) is 23.1 Å². The standard InChI is InChI=1S/C13H10O3/c14-8-5-6-12-10(7-8)13(15)9-3-1-2-4-11(9)16-12/h3-7,14H,1-2H2. The molecular weight excluding hydrogens is 204 g/mol. The van der Waals surface area contributed by atoms with E-state index in [2.05, 4.69) is 0 Å². The molecule has 0 radical (unpaired) electrons. The molecule has 1 aliphatic carbocycles. The summed E-state index contributed by atoms with van der Waals surface area (Å²) in [7, 11) is 0. The van der Waals surface area contributed by atoms with E-state index in [1.165, 1.54) is 12.1 Å². The first-order chi connectivity index (χ1) is 7.75. The molecule has 0 fully saturated rings. The van der Waals surface area contributed by atoms with Crippen LogP contribution in [0.1, 0.15) is 12.8 Å². The maximum Gasteiger partial charge on any atom is 0.200 e. The van der Waals surface area contributed by atoms with E-state index in [4.69, 9.17) is 4.42 Å². The molecule has 1 aliphatic rings. The van der Waals surface area contributed by atoms with Crippen LogP contribution in [0.15, 0.2) is 27.4 Å². The lowest BCUT2D eigenvalue weighted by Crippen LogP contribution is -2.39. The van der Waals surface area contributed by atoms with E-state index in [0.717, 1.165) is 12.8 Å². The van der Waals surface area contributed by atoms with E-state index < -0.39 is 0 Å². The molecule has 1 N–H and O–H groups in total. The van der Waals surface area contributed by atoms with Crippen molar-refractivity contribution in [1.29, 1.82) is 0 Å². The molecule has 0 amide bonds. The van der Waals surface area contributed by atoms with Gasteiger partial charge in [0, 0.05) is 0 Å². The Morgan fingerprint density at radius 1 is 1.19 bits per heavy atom. The molecule has 80 valence electrons. The molecule has 2 aromatic rings. The van der Waals surface area contributed by atoms with Crippen molar-refractivity contribution < 1.29 is 9.52 Å². The van der Waals surface area contributed by atoms with Crippen molar-refractivity contribution in [3.8, 4) is 5.75 Å². The fourth-order valence-corrected chi connectivity index (χ4v) is 2.00. The summed E-state index contributed by atoms with van der Waals surface area (Å²) in [6.45, 7) is 0. The van der Waals surface area contributed by atoms with Gasteiger partial charge in [0.2, 0.25) is 0 Å². The zero-order chi connectivity index (χ0) is 11.1. The zero-order valence-corrected chi connectivity index (χ0v) is 8.56. The van der Waals surface area contributed by atoms with Gasteiger partial charge < -0.3 is 9.52 Å². The van der Waals surface area contributed by atoms with E-state index in [-0.39, 0.29) is 11.2 Å². The lowest BCUT2D eigenvalue weighted by Gasteiger charge is -2.02. The molecular formula is C13H10O3. The van der Waals surface area contributed by atoms with E-state index in [1.54, 1.807) is 6.07 Å². The Morgan fingerprint density at radius 3 is 2.88 bits per heavy atom. The first-order valence-electron chi connectivity index (χ1n) is 5.22. The highest BCUT2D eigenvalue weighted by molar-refractivity contribution is 5.78. The van der Waals surface area contributed by atoms with E-state index in [0.29, 0.717) is 21.6 Å². The summed E-state index contributed by atoms with van der Waals surface area (Å²) in [4.78, 5) is 12.1. The summed E-state index contributed by atoms with van der Waals surface area (Å²) in [5, 5.41) is 10.4. The quantitative estimate of drug-likeness (QED) is 0.707. The maximum atomic E-state index is 12.1. The zero-order valence-electron chi connectivity index (χ0n) is 8.56. The van der Waals surface area contributed by atoms with E-state index in [1.807, 2.05) is 12.2 Å². The second-order valence-corrected chi connectivity index (χ2v) is 3.88. The molecule has 1 aromatic carbocycles. The van der Waals surface area contributed by atoms with Crippen molar-refractivity contribution in [1.82, 2.24) is 0 Å². The molecule has 3 rings (SSSR count). The highest BCUT2D eigenvalue weighted by Gasteiger charge is 2.06. The molecule has 0 aliphatic heterocycles. The van der Waals surface area contributed by atoms with Gasteiger partial charge in [-0.1, -0.05) is 6.08 Å². The molecule has 3 heteroatoms. The van der Waals surface area contributed by atoms with Crippen molar-refractivity contribution in [3.05, 3.63) is 39.1 Å². The maximum absolute atomic E-state index is 12.1. The average molecular weight is 214 g/mol. The topological polar surface area (TPSA) is 50.4 Å². The van der Waals surface area contributed by atoms with Crippen molar-refractivity contribution in [3.63, 3.8) is 0 Å². The smallest absolute Gasteiger partial charge is 0.200 e. The predicted molar refractivity (Wildman–Crippen MR) is 61.6 cm³/mol. The summed E-state index contributed by atoms with van der Waals surface area (Å²) < 4.78 is 5.62. The van der Waals surface area contributed by atoms with Crippen LogP contribution in [0.5, 0.6) is 5.75 Å². The third kappa shape index (κ3) is 1.25. The first kappa shape index (κ1) is 9.21. The van der Waals surface area contributed by atoms with Crippen molar-refractivity contribution in [2.24, 2.45) is 0 Å². The second kappa shape index (κ2) is 3.23. The van der Waals surface area contributed by atoms with Crippen LogP contribution in [-0.2, 0) is 0 Å². The van der Waals surface area contributed by atoms with Crippen molar-refractivity contribution >= 4 is 23.1 Å². The van der Waals surface area contributed by atoms with Gasteiger partial charge in [-0.15, -0.1) is 0 Å². The molecule has 0 spiro atoms. The third-order valence-electron chi connectivity index (χ3n) is 2.78. The Morgan fingerprint density at radius 2 is 2.00 bits per heavy atom. The molecule has 1 heterocycles. The minimum Gasteiger partial charge on any atom is -0.508 e. The fraction of sp³-hybridized carbons (Fsp3) is 0.154. The SMILES string of the molecule is O=c1c2c(oc3ccc(O)cc13)=CCCC=2. The monoisotopic (exact) mass is 214 g/mol. The Balaban J connectivity index is 2.61. The van der Waals surface area contributed by atoms with E-state index in [9.17, 15) is 9.90 Å². The Kier molecular flexibility index (Phi) is 1.86. The number of benzene rings is 1. The Bertz CT molecular complexity index is 738. The number of hydrogen-bond donors (Lipinski definition) is 1. The third-order valence-corrected chi connectivity index (χ3v) is 2.78. The molecule has 3 nitrogen and oxygen atoms in total. The summed E-state index contributed by atoms with van der Waals surface area (Å²) in [5.74, 6) is 0.0829. The number of rotatable bonds is 0. The molecule has 0 bridgehead atoms. The molecule has 0 unspecified atom stereocenters. The van der Waals surface area contributed by atoms with Crippen LogP contribution in [0, 0.1) is 0 Å². The van der Waals surface area contributed by atoms with Crippen molar-refractivity contribution in [2.75, 3.05) is 0 Å². The minimum atomic E-state index is -0.0666. The van der Waals surface area contributed by atoms with Gasteiger partial charge in [-0.05, 0) is 37.1 Å². The van der Waals surface area contributed by atoms with Gasteiger partial charge in [0.15, 0.2) is 5.43 Å². The first-order valence-corrected chi connectivity index (χ1v) is 5.22. The summed E-state index contributed by atoms with van der Waals surface area (Å²) in [5.41, 5.74) is 1.10. The molecule has 1 aromatic heterocycles. The number of fused-ring (bicyclic) bond motifs is 2. The molecule has 0 saturated heterocycles. The summed E-state index contributed by atoms with van der Waals surface area (Å²) in [6, 6.07) is 4.59. The van der Waals surface area contributed by atoms with Gasteiger partial charge in [0.05, 0.1) is 10.6 Å². The number of hydrogen-bond acceptors (Lipinski definition) is 3. The van der Waals surface area contributed by atoms with Crippen LogP contribution in [-0.4, -0.2) is 5.11 Å². The van der Waals surface area contributed by atoms with Gasteiger partial charge in [0.1, 0.15) is 16.7 Å². The predicted octanol–water partition coefficient (Wildman–Crippen LogP) is 0.853. The summed E-state index contributed by atoms with van der Waals surface area (Å²) >= 11 is 0. The van der Waals surface area contributed by atoms with Crippen LogP contribution >= 0.6 is 0 Å². The lowest BCUT2D eigenvalue weighted by molar-refractivity contribution is 0.475. The lowest BCUT2D eigenvalue weighted by atomic mass is 10.1. The Hall–Kier alpha value is -2.03. The number of phenolic OH excluding ortho intramolecular Hbond substituents is 1. The van der Waals surface area contributed by atoms with Gasteiger partial charge in [-0.25, -0.2) is 0 Å². The van der Waals surface area contributed by atoms with Crippen molar-refractivity contribution in [2.45, 2.75) is 12.8 Å². The van der Waals surface area contributed by atoms with Gasteiger partial charge >= 0.3 is 0 Å². The summed E-state index contributed by atoms with van der Waals surface area (Å²) in [6.07, 6.45) is 5.59. The normalized spacial score (nSPS) is 14.0. The van der Waals surface area contributed by atoms with Crippen LogP contribution in [0.3, 0.4) is 0 Å². The number of phenols is 1. The fourth-order valence-electron chi connectivity index (χ4n) is 2.00. The van der Waals surface area contributed by atoms with E-state index >= 15 is 0 Å². The second-order valence-electron chi connectivity index (χ2n) is 3.88. The highest BCUT2D eigenvalue weighted by Crippen LogP contribution is 2.14. The van der Waals surface area contributed by atoms with Crippen LogP contribution in [0.2, 0.25) is 0 Å². The minimum absolute atomic E-state index is 0.0666. The highest BCUT2D eigenvalue weighted by atomic mass is 16.3. The van der Waals surface area contributed by atoms with Gasteiger partial charge in [-0.3, -0.25) is 4.79 Å². The molecule has 0 saturated carbocycles. The van der Waals surface area contributed by atoms with Gasteiger partial charge in [0.25, 0.3) is 0 Å². The molecule has 16 heavy (non-hydrogen) atoms.